The summed E-state index contributed by atoms with van der Waals surface area (Å²) in [6.45, 7) is 0. The fraction of sp³-hybridized carbons (Fsp3) is 0. The lowest BCUT2D eigenvalue weighted by molar-refractivity contribution is -0.384. The Balaban J connectivity index is 2.29. The first-order chi connectivity index (χ1) is 10.0. The number of nitriles is 1. The van der Waals surface area contributed by atoms with Gasteiger partial charge in [-0.2, -0.15) is 5.26 Å². The minimum absolute atomic E-state index is 0.0446. The Labute approximate surface area is 133 Å². The Morgan fingerprint density at radius 3 is 2.67 bits per heavy atom. The van der Waals surface area contributed by atoms with Crippen molar-refractivity contribution in [1.29, 1.82) is 5.26 Å². The van der Waals surface area contributed by atoms with Crippen molar-refractivity contribution in [2.24, 2.45) is 0 Å². The molecule has 21 heavy (non-hydrogen) atoms. The summed E-state index contributed by atoms with van der Waals surface area (Å²) in [6, 6.07) is 12.5. The van der Waals surface area contributed by atoms with E-state index < -0.39 is 4.92 Å². The van der Waals surface area contributed by atoms with Gasteiger partial charge in [0.1, 0.15) is 6.07 Å². The largest absolute Gasteiger partial charge is 0.321 e. The van der Waals surface area contributed by atoms with Crippen LogP contribution in [0.2, 0.25) is 0 Å². The molecule has 0 saturated carbocycles. The number of anilines is 1. The van der Waals surface area contributed by atoms with Crippen LogP contribution in [0.1, 0.15) is 15.9 Å². The summed E-state index contributed by atoms with van der Waals surface area (Å²) in [5.74, 6) is -0.376. The van der Waals surface area contributed by atoms with Crippen LogP contribution in [0.5, 0.6) is 0 Å². The fourth-order valence-electron chi connectivity index (χ4n) is 1.67. The third-order valence-electron chi connectivity index (χ3n) is 2.67. The van der Waals surface area contributed by atoms with E-state index in [4.69, 9.17) is 5.26 Å². The number of amides is 1. The van der Waals surface area contributed by atoms with E-state index in [1.54, 1.807) is 18.2 Å². The Kier molecular flexibility index (Phi) is 4.49. The smallest absolute Gasteiger partial charge is 0.270 e. The predicted octanol–water partition coefficient (Wildman–Crippen LogP) is 3.32. The Bertz CT molecular complexity index is 768. The van der Waals surface area contributed by atoms with Gasteiger partial charge in [0.05, 0.1) is 16.2 Å². The van der Waals surface area contributed by atoms with Gasteiger partial charge in [0, 0.05) is 21.3 Å². The van der Waals surface area contributed by atoms with Gasteiger partial charge in [-0.05, 0) is 46.9 Å². The number of nitro groups is 1. The Morgan fingerprint density at radius 2 is 2.05 bits per heavy atom. The minimum Gasteiger partial charge on any atom is -0.321 e. The summed E-state index contributed by atoms with van der Waals surface area (Å²) in [5, 5.41) is 22.3. The van der Waals surface area contributed by atoms with Crippen LogP contribution in [0.15, 0.2) is 42.5 Å². The van der Waals surface area contributed by atoms with Crippen LogP contribution in [0.3, 0.4) is 0 Å². The second-order valence-electron chi connectivity index (χ2n) is 4.06. The fourth-order valence-corrected chi connectivity index (χ4v) is 2.21. The van der Waals surface area contributed by atoms with Gasteiger partial charge < -0.3 is 5.32 Å². The number of nitrogens with one attached hydrogen (secondary N) is 1. The van der Waals surface area contributed by atoms with Crippen LogP contribution < -0.4 is 5.32 Å². The van der Waals surface area contributed by atoms with Crippen LogP contribution in [0, 0.1) is 25.0 Å². The van der Waals surface area contributed by atoms with Gasteiger partial charge in [-0.25, -0.2) is 0 Å². The summed E-state index contributed by atoms with van der Waals surface area (Å²) >= 11 is 2.09. The van der Waals surface area contributed by atoms with E-state index in [0.717, 1.165) is 9.64 Å². The average molecular weight is 393 g/mol. The van der Waals surface area contributed by atoms with Gasteiger partial charge in [0.15, 0.2) is 0 Å². The lowest BCUT2D eigenvalue weighted by Gasteiger charge is -2.07. The second kappa shape index (κ2) is 6.32. The molecule has 0 fully saturated rings. The van der Waals surface area contributed by atoms with Crippen LogP contribution in [-0.4, -0.2) is 10.8 Å². The third-order valence-corrected chi connectivity index (χ3v) is 3.34. The number of carbonyl (C=O) groups excluding carboxylic acids is 1. The number of rotatable bonds is 3. The van der Waals surface area contributed by atoms with Gasteiger partial charge in [0.2, 0.25) is 0 Å². The molecule has 0 aliphatic heterocycles. The minimum atomic E-state index is -0.591. The number of benzene rings is 2. The maximum Gasteiger partial charge on any atom is 0.270 e. The quantitative estimate of drug-likeness (QED) is 0.492. The SMILES string of the molecule is N#Cc1cc([N+](=O)[O-])ccc1NC(=O)c1cccc(I)c1. The number of hydrogen-bond acceptors (Lipinski definition) is 4. The maximum atomic E-state index is 12.1. The zero-order valence-electron chi connectivity index (χ0n) is 10.5. The van der Waals surface area contributed by atoms with E-state index in [-0.39, 0.29) is 22.8 Å². The molecule has 0 saturated heterocycles. The van der Waals surface area contributed by atoms with Crippen molar-refractivity contribution in [1.82, 2.24) is 0 Å². The monoisotopic (exact) mass is 393 g/mol. The molecule has 0 aliphatic carbocycles. The topological polar surface area (TPSA) is 96.0 Å². The van der Waals surface area contributed by atoms with E-state index in [2.05, 4.69) is 27.9 Å². The lowest BCUT2D eigenvalue weighted by Crippen LogP contribution is -2.13. The van der Waals surface area contributed by atoms with Crippen molar-refractivity contribution >= 4 is 39.9 Å². The van der Waals surface area contributed by atoms with E-state index in [9.17, 15) is 14.9 Å². The zero-order valence-corrected chi connectivity index (χ0v) is 12.7. The maximum absolute atomic E-state index is 12.1. The summed E-state index contributed by atoms with van der Waals surface area (Å²) < 4.78 is 0.907. The van der Waals surface area contributed by atoms with Crippen molar-refractivity contribution in [3.8, 4) is 6.07 Å². The molecule has 0 atom stereocenters. The number of carbonyl (C=O) groups is 1. The molecule has 2 aromatic rings. The van der Waals surface area contributed by atoms with Crippen molar-refractivity contribution in [2.45, 2.75) is 0 Å². The molecule has 2 rings (SSSR count). The van der Waals surface area contributed by atoms with Crippen molar-refractivity contribution in [2.75, 3.05) is 5.32 Å². The predicted molar refractivity (Wildman–Crippen MR) is 84.9 cm³/mol. The average Bonchev–Trinajstić information content (AvgIpc) is 2.47. The molecule has 6 nitrogen and oxygen atoms in total. The van der Waals surface area contributed by atoms with E-state index >= 15 is 0 Å². The second-order valence-corrected chi connectivity index (χ2v) is 5.31. The summed E-state index contributed by atoms with van der Waals surface area (Å²) in [4.78, 5) is 22.2. The highest BCUT2D eigenvalue weighted by Crippen LogP contribution is 2.22. The van der Waals surface area contributed by atoms with Crippen molar-refractivity contribution in [3.63, 3.8) is 0 Å². The van der Waals surface area contributed by atoms with Crippen LogP contribution in [0.25, 0.3) is 0 Å². The summed E-state index contributed by atoms with van der Waals surface area (Å²) in [6.07, 6.45) is 0. The molecule has 1 N–H and O–H groups in total. The van der Waals surface area contributed by atoms with Gasteiger partial charge in [-0.1, -0.05) is 6.07 Å². The van der Waals surface area contributed by atoms with Gasteiger partial charge in [0.25, 0.3) is 11.6 Å². The summed E-state index contributed by atoms with van der Waals surface area (Å²) in [5.41, 5.74) is 0.540. The Hall–Kier alpha value is -2.47. The van der Waals surface area contributed by atoms with Crippen LogP contribution >= 0.6 is 22.6 Å². The van der Waals surface area contributed by atoms with Gasteiger partial charge in [-0.3, -0.25) is 14.9 Å². The molecule has 0 unspecified atom stereocenters. The molecule has 0 radical (unpaired) electrons. The highest BCUT2D eigenvalue weighted by molar-refractivity contribution is 14.1. The molecule has 1 amide bonds. The molecule has 2 aromatic carbocycles. The van der Waals surface area contributed by atoms with Crippen LogP contribution in [-0.2, 0) is 0 Å². The standard InChI is InChI=1S/C14H8IN3O3/c15-11-3-1-2-9(6-11)14(19)17-13-5-4-12(18(20)21)7-10(13)8-16/h1-7H,(H,17,19). The number of halogens is 1. The zero-order chi connectivity index (χ0) is 15.4. The van der Waals surface area contributed by atoms with Gasteiger partial charge in [-0.15, -0.1) is 0 Å². The number of hydrogen-bond donors (Lipinski definition) is 1. The first-order valence-corrected chi connectivity index (χ1v) is 6.84. The lowest BCUT2D eigenvalue weighted by atomic mass is 10.1. The van der Waals surface area contributed by atoms with Crippen LogP contribution in [0.4, 0.5) is 11.4 Å². The number of non-ortho nitro benzene ring substituents is 1. The highest BCUT2D eigenvalue weighted by atomic mass is 127. The molecule has 104 valence electrons. The molecular weight excluding hydrogens is 385 g/mol. The van der Waals surface area contributed by atoms with E-state index in [1.165, 1.54) is 12.1 Å². The first kappa shape index (κ1) is 14.9. The summed E-state index contributed by atoms with van der Waals surface area (Å²) in [7, 11) is 0. The molecule has 7 heteroatoms. The normalized spacial score (nSPS) is 9.71. The molecule has 0 heterocycles. The highest BCUT2D eigenvalue weighted by Gasteiger charge is 2.13. The number of nitrogens with zero attached hydrogens (tertiary/aromatic N) is 2. The molecule has 0 aliphatic rings. The number of nitro benzene ring substituents is 1. The first-order valence-electron chi connectivity index (χ1n) is 5.76. The van der Waals surface area contributed by atoms with Crippen molar-refractivity contribution in [3.05, 3.63) is 67.3 Å². The van der Waals surface area contributed by atoms with Crippen molar-refractivity contribution < 1.29 is 9.72 Å². The van der Waals surface area contributed by atoms with E-state index in [0.29, 0.717) is 5.56 Å². The molecular formula is C14H8IN3O3. The molecule has 0 spiro atoms. The third kappa shape index (κ3) is 3.55. The van der Waals surface area contributed by atoms with Gasteiger partial charge >= 0.3 is 0 Å². The Morgan fingerprint density at radius 1 is 1.29 bits per heavy atom. The molecule has 0 aromatic heterocycles. The van der Waals surface area contributed by atoms with E-state index in [1.807, 2.05) is 12.1 Å². The molecule has 0 bridgehead atoms.